The number of benzene rings is 1. The number of Topliss-reactive ketones (excluding diaryl/α,β-unsaturated/α-hetero) is 1. The van der Waals surface area contributed by atoms with E-state index in [2.05, 4.69) is 47.8 Å². The maximum absolute atomic E-state index is 12.8. The predicted molar refractivity (Wildman–Crippen MR) is 103 cm³/mol. The minimum atomic E-state index is -0.379. The molecule has 1 aromatic heterocycles. The molecule has 1 N–H and O–H groups in total. The van der Waals surface area contributed by atoms with Gasteiger partial charge in [0.05, 0.1) is 18.1 Å². The third-order valence-electron chi connectivity index (χ3n) is 3.97. The van der Waals surface area contributed by atoms with Gasteiger partial charge in [0.25, 0.3) is 0 Å². The van der Waals surface area contributed by atoms with E-state index in [-0.39, 0.29) is 22.8 Å². The minimum absolute atomic E-state index is 0.127. The van der Waals surface area contributed by atoms with Crippen LogP contribution in [0.4, 0.5) is 0 Å². The summed E-state index contributed by atoms with van der Waals surface area (Å²) in [5.74, 6) is 0.222. The Balaban J connectivity index is 2.12. The van der Waals surface area contributed by atoms with E-state index in [9.17, 15) is 4.79 Å². The zero-order valence-electron chi connectivity index (χ0n) is 16.3. The van der Waals surface area contributed by atoms with Gasteiger partial charge in [0, 0.05) is 30.1 Å². The molecule has 4 heteroatoms. The summed E-state index contributed by atoms with van der Waals surface area (Å²) in [7, 11) is 0. The summed E-state index contributed by atoms with van der Waals surface area (Å²) in [6.45, 7) is 13.0. The van der Waals surface area contributed by atoms with E-state index in [0.29, 0.717) is 6.42 Å². The van der Waals surface area contributed by atoms with Crippen LogP contribution in [0.5, 0.6) is 0 Å². The van der Waals surface area contributed by atoms with E-state index in [1.807, 2.05) is 51.5 Å². The number of carbonyl (C=O) groups excluding carboxylic acids is 1. The van der Waals surface area contributed by atoms with Gasteiger partial charge in [-0.2, -0.15) is 0 Å². The first kappa shape index (κ1) is 19.4. The molecule has 0 unspecified atom stereocenters. The largest absolute Gasteiger partial charge is 0.333 e. The first-order valence-electron chi connectivity index (χ1n) is 8.91. The second-order valence-electron chi connectivity index (χ2n) is 8.79. The molecule has 2 aromatic rings. The van der Waals surface area contributed by atoms with Crippen LogP contribution in [0.15, 0.2) is 42.9 Å². The molecule has 4 nitrogen and oxygen atoms in total. The first-order chi connectivity index (χ1) is 11.5. The number of imidazole rings is 1. The molecule has 1 heterocycles. The number of carbonyl (C=O) groups is 1. The summed E-state index contributed by atoms with van der Waals surface area (Å²) < 4.78 is 2.07. The maximum atomic E-state index is 12.8. The first-order valence-corrected chi connectivity index (χ1v) is 8.91. The van der Waals surface area contributed by atoms with Crippen LogP contribution < -0.4 is 5.32 Å². The fraction of sp³-hybridized carbons (Fsp3) is 0.524. The Labute approximate surface area is 151 Å². The molecule has 1 aromatic carbocycles. The Morgan fingerprint density at radius 1 is 1.12 bits per heavy atom. The quantitative estimate of drug-likeness (QED) is 0.868. The van der Waals surface area contributed by atoms with Gasteiger partial charge in [-0.05, 0) is 26.3 Å². The Hall–Kier alpha value is -1.94. The van der Waals surface area contributed by atoms with Crippen LogP contribution in [-0.4, -0.2) is 26.9 Å². The standard InChI is InChI=1S/C21H31N3O/c1-20(2,3)19(25)18(23-21(4,5)6)12-17-14-24(15-22-17)13-16-10-8-7-9-11-16/h7-11,14-15,18,23H,12-13H2,1-6H3/t18-/m0/s1. The van der Waals surface area contributed by atoms with Gasteiger partial charge in [-0.15, -0.1) is 0 Å². The molecule has 0 spiro atoms. The average molecular weight is 341 g/mol. The molecular weight excluding hydrogens is 310 g/mol. The number of aromatic nitrogens is 2. The lowest BCUT2D eigenvalue weighted by Crippen LogP contribution is -2.51. The molecule has 2 rings (SSSR count). The molecule has 0 aliphatic carbocycles. The fourth-order valence-corrected chi connectivity index (χ4v) is 2.86. The summed E-state index contributed by atoms with van der Waals surface area (Å²) in [6.07, 6.45) is 4.49. The Morgan fingerprint density at radius 2 is 1.76 bits per heavy atom. The van der Waals surface area contributed by atoms with E-state index in [4.69, 9.17) is 0 Å². The van der Waals surface area contributed by atoms with Crippen molar-refractivity contribution in [2.24, 2.45) is 5.41 Å². The van der Waals surface area contributed by atoms with Gasteiger partial charge in [-0.3, -0.25) is 4.79 Å². The second kappa shape index (κ2) is 7.52. The van der Waals surface area contributed by atoms with Crippen LogP contribution in [0.3, 0.4) is 0 Å². The van der Waals surface area contributed by atoms with Crippen LogP contribution in [0, 0.1) is 5.41 Å². The van der Waals surface area contributed by atoms with E-state index in [1.54, 1.807) is 0 Å². The fourth-order valence-electron chi connectivity index (χ4n) is 2.86. The number of ketones is 1. The summed E-state index contributed by atoms with van der Waals surface area (Å²) in [5, 5.41) is 3.47. The van der Waals surface area contributed by atoms with Gasteiger partial charge < -0.3 is 9.88 Å². The van der Waals surface area contributed by atoms with Crippen molar-refractivity contribution >= 4 is 5.78 Å². The number of hydrogen-bond acceptors (Lipinski definition) is 3. The third kappa shape index (κ3) is 6.13. The third-order valence-corrected chi connectivity index (χ3v) is 3.97. The number of rotatable bonds is 6. The lowest BCUT2D eigenvalue weighted by Gasteiger charge is -2.31. The van der Waals surface area contributed by atoms with Crippen molar-refractivity contribution in [3.63, 3.8) is 0 Å². The van der Waals surface area contributed by atoms with Crippen LogP contribution >= 0.6 is 0 Å². The molecule has 0 bridgehead atoms. The maximum Gasteiger partial charge on any atom is 0.155 e. The molecular formula is C21H31N3O. The SMILES string of the molecule is CC(C)(C)N[C@@H](Cc1cn(Cc2ccccc2)cn1)C(=O)C(C)(C)C. The van der Waals surface area contributed by atoms with Crippen LogP contribution in [0.1, 0.15) is 52.8 Å². The summed E-state index contributed by atoms with van der Waals surface area (Å²) in [6, 6.07) is 10.1. The number of hydrogen-bond donors (Lipinski definition) is 1. The highest BCUT2D eigenvalue weighted by Crippen LogP contribution is 2.20. The van der Waals surface area contributed by atoms with E-state index < -0.39 is 0 Å². The summed E-state index contributed by atoms with van der Waals surface area (Å²) >= 11 is 0. The van der Waals surface area contributed by atoms with Crippen molar-refractivity contribution in [3.05, 3.63) is 54.1 Å². The number of nitrogens with zero attached hydrogens (tertiary/aromatic N) is 2. The van der Waals surface area contributed by atoms with Gasteiger partial charge in [-0.25, -0.2) is 4.98 Å². The zero-order chi connectivity index (χ0) is 18.7. The molecule has 1 atom stereocenters. The summed E-state index contributed by atoms with van der Waals surface area (Å²) in [5.41, 5.74) is 1.67. The lowest BCUT2D eigenvalue weighted by molar-refractivity contribution is -0.128. The number of nitrogens with one attached hydrogen (secondary N) is 1. The van der Waals surface area contributed by atoms with Crippen molar-refractivity contribution in [1.82, 2.24) is 14.9 Å². The van der Waals surface area contributed by atoms with Gasteiger partial charge in [0.2, 0.25) is 0 Å². The Morgan fingerprint density at radius 3 is 2.32 bits per heavy atom. The molecule has 0 aliphatic heterocycles. The van der Waals surface area contributed by atoms with Crippen LogP contribution in [0.25, 0.3) is 0 Å². The molecule has 0 saturated heterocycles. The van der Waals surface area contributed by atoms with E-state index in [1.165, 1.54) is 5.56 Å². The monoisotopic (exact) mass is 341 g/mol. The molecule has 0 amide bonds. The summed E-state index contributed by atoms with van der Waals surface area (Å²) in [4.78, 5) is 17.4. The highest BCUT2D eigenvalue weighted by Gasteiger charge is 2.32. The highest BCUT2D eigenvalue weighted by molar-refractivity contribution is 5.89. The van der Waals surface area contributed by atoms with Crippen LogP contribution in [0.2, 0.25) is 0 Å². The van der Waals surface area contributed by atoms with Gasteiger partial charge in [0.15, 0.2) is 5.78 Å². The topological polar surface area (TPSA) is 46.9 Å². The van der Waals surface area contributed by atoms with Gasteiger partial charge >= 0.3 is 0 Å². The molecule has 136 valence electrons. The molecule has 0 radical (unpaired) electrons. The average Bonchev–Trinajstić information content (AvgIpc) is 2.91. The lowest BCUT2D eigenvalue weighted by atomic mass is 9.84. The van der Waals surface area contributed by atoms with Crippen molar-refractivity contribution in [2.45, 2.75) is 66.1 Å². The minimum Gasteiger partial charge on any atom is -0.333 e. The highest BCUT2D eigenvalue weighted by atomic mass is 16.1. The van der Waals surface area contributed by atoms with Crippen molar-refractivity contribution < 1.29 is 4.79 Å². The Bertz CT molecular complexity index is 690. The molecule has 0 saturated carbocycles. The van der Waals surface area contributed by atoms with E-state index in [0.717, 1.165) is 12.2 Å². The van der Waals surface area contributed by atoms with Crippen molar-refractivity contribution in [2.75, 3.05) is 0 Å². The smallest absolute Gasteiger partial charge is 0.155 e. The second-order valence-corrected chi connectivity index (χ2v) is 8.79. The van der Waals surface area contributed by atoms with Gasteiger partial charge in [0.1, 0.15) is 0 Å². The normalized spacial score (nSPS) is 13.7. The van der Waals surface area contributed by atoms with Gasteiger partial charge in [-0.1, -0.05) is 51.1 Å². The molecule has 0 fully saturated rings. The van der Waals surface area contributed by atoms with Crippen LogP contribution in [-0.2, 0) is 17.8 Å². The predicted octanol–water partition coefficient (Wildman–Crippen LogP) is 3.85. The molecule has 0 aliphatic rings. The Kier molecular flexibility index (Phi) is 5.83. The van der Waals surface area contributed by atoms with Crippen molar-refractivity contribution in [1.29, 1.82) is 0 Å². The zero-order valence-corrected chi connectivity index (χ0v) is 16.3. The molecule has 25 heavy (non-hydrogen) atoms. The van der Waals surface area contributed by atoms with Crippen molar-refractivity contribution in [3.8, 4) is 0 Å². The van der Waals surface area contributed by atoms with E-state index >= 15 is 0 Å².